The van der Waals surface area contributed by atoms with E-state index in [0.29, 0.717) is 0 Å². The van der Waals surface area contributed by atoms with E-state index in [2.05, 4.69) is 13.0 Å². The molecule has 0 aliphatic carbocycles. The summed E-state index contributed by atoms with van der Waals surface area (Å²) >= 11 is 0. The van der Waals surface area contributed by atoms with Crippen LogP contribution in [0.1, 0.15) is 26.2 Å². The molecule has 0 saturated heterocycles. The van der Waals surface area contributed by atoms with E-state index in [4.69, 9.17) is 4.43 Å². The zero-order valence-electron chi connectivity index (χ0n) is 5.68. The van der Waals surface area contributed by atoms with Crippen molar-refractivity contribution in [3.05, 3.63) is 12.3 Å². The van der Waals surface area contributed by atoms with Gasteiger partial charge in [-0.3, -0.25) is 0 Å². The predicted molar refractivity (Wildman–Crippen MR) is 39.7 cm³/mol. The lowest BCUT2D eigenvalue weighted by Gasteiger charge is -1.87. The van der Waals surface area contributed by atoms with Crippen LogP contribution in [-0.4, -0.2) is 10.5 Å². The molecule has 0 heterocycles. The lowest BCUT2D eigenvalue weighted by molar-refractivity contribution is 0.530. The van der Waals surface area contributed by atoms with Gasteiger partial charge in [-0.05, 0) is 12.8 Å². The topological polar surface area (TPSA) is 9.23 Å². The standard InChI is InChI=1S/C6H14OSi/c1-2-3-4-5-6-7-8/h5-6H,2-4H2,1,8H3. The third-order valence-electron chi connectivity index (χ3n) is 0.957. The van der Waals surface area contributed by atoms with Crippen LogP contribution in [0, 0.1) is 0 Å². The predicted octanol–water partition coefficient (Wildman–Crippen LogP) is 0.987. The van der Waals surface area contributed by atoms with E-state index < -0.39 is 0 Å². The third-order valence-corrected chi connectivity index (χ3v) is 1.23. The van der Waals surface area contributed by atoms with Gasteiger partial charge >= 0.3 is 0 Å². The van der Waals surface area contributed by atoms with Gasteiger partial charge in [-0.1, -0.05) is 19.4 Å². The van der Waals surface area contributed by atoms with Gasteiger partial charge in [0.25, 0.3) is 0 Å². The Morgan fingerprint density at radius 1 is 1.62 bits per heavy atom. The van der Waals surface area contributed by atoms with E-state index in [1.54, 1.807) is 6.26 Å². The van der Waals surface area contributed by atoms with E-state index >= 15 is 0 Å². The second-order valence-electron chi connectivity index (χ2n) is 1.75. The van der Waals surface area contributed by atoms with Gasteiger partial charge in [0.05, 0.1) is 6.26 Å². The summed E-state index contributed by atoms with van der Waals surface area (Å²) in [7, 11) is 0.821. The highest BCUT2D eigenvalue weighted by atomic mass is 28.2. The number of rotatable bonds is 4. The second-order valence-corrected chi connectivity index (χ2v) is 2.22. The molecule has 8 heavy (non-hydrogen) atoms. The maximum absolute atomic E-state index is 4.85. The fourth-order valence-corrected chi connectivity index (χ4v) is 0.679. The van der Waals surface area contributed by atoms with E-state index in [9.17, 15) is 0 Å². The minimum Gasteiger partial charge on any atom is -0.559 e. The van der Waals surface area contributed by atoms with Gasteiger partial charge in [-0.15, -0.1) is 0 Å². The molecule has 0 spiro atoms. The minimum absolute atomic E-state index is 0.821. The molecule has 0 fully saturated rings. The highest BCUT2D eigenvalue weighted by molar-refractivity contribution is 5.98. The van der Waals surface area contributed by atoms with Crippen molar-refractivity contribution in [3.8, 4) is 0 Å². The summed E-state index contributed by atoms with van der Waals surface area (Å²) in [5.41, 5.74) is 0. The Morgan fingerprint density at radius 2 is 2.38 bits per heavy atom. The Hall–Kier alpha value is -0.243. The maximum atomic E-state index is 4.85. The Kier molecular flexibility index (Phi) is 6.55. The average molecular weight is 130 g/mol. The summed E-state index contributed by atoms with van der Waals surface area (Å²) in [6, 6.07) is 0. The molecule has 0 bridgehead atoms. The van der Waals surface area contributed by atoms with Crippen LogP contribution >= 0.6 is 0 Å². The number of unbranched alkanes of at least 4 members (excludes halogenated alkanes) is 2. The van der Waals surface area contributed by atoms with Crippen LogP contribution in [0.25, 0.3) is 0 Å². The quantitative estimate of drug-likeness (QED) is 0.313. The first-order chi connectivity index (χ1) is 3.91. The highest BCUT2D eigenvalue weighted by Gasteiger charge is 1.74. The summed E-state index contributed by atoms with van der Waals surface area (Å²) in [5.74, 6) is 0. The van der Waals surface area contributed by atoms with Gasteiger partial charge in [0.15, 0.2) is 0 Å². The molecule has 2 heteroatoms. The fraction of sp³-hybridized carbons (Fsp3) is 0.667. The van der Waals surface area contributed by atoms with E-state index in [1.165, 1.54) is 19.3 Å². The highest BCUT2D eigenvalue weighted by Crippen LogP contribution is 1.93. The van der Waals surface area contributed by atoms with Crippen molar-refractivity contribution in [3.63, 3.8) is 0 Å². The molecule has 0 saturated carbocycles. The summed E-state index contributed by atoms with van der Waals surface area (Å²) < 4.78 is 4.85. The summed E-state index contributed by atoms with van der Waals surface area (Å²) in [5, 5.41) is 0. The molecule has 48 valence electrons. The van der Waals surface area contributed by atoms with Gasteiger partial charge < -0.3 is 4.43 Å². The summed E-state index contributed by atoms with van der Waals surface area (Å²) in [6.45, 7) is 2.19. The molecule has 0 aromatic carbocycles. The zero-order valence-corrected chi connectivity index (χ0v) is 7.68. The molecule has 0 rings (SSSR count). The lowest BCUT2D eigenvalue weighted by atomic mass is 10.2. The molecule has 0 amide bonds. The van der Waals surface area contributed by atoms with Crippen LogP contribution in [0.3, 0.4) is 0 Å². The Labute approximate surface area is 54.3 Å². The molecule has 0 radical (unpaired) electrons. The number of hydrogen-bond donors (Lipinski definition) is 0. The average Bonchev–Trinajstić information content (AvgIpc) is 1.81. The van der Waals surface area contributed by atoms with E-state index in [-0.39, 0.29) is 0 Å². The summed E-state index contributed by atoms with van der Waals surface area (Å²) in [4.78, 5) is 0. The van der Waals surface area contributed by atoms with Crippen LogP contribution in [-0.2, 0) is 4.43 Å². The van der Waals surface area contributed by atoms with E-state index in [1.807, 2.05) is 0 Å². The van der Waals surface area contributed by atoms with Gasteiger partial charge in [-0.25, -0.2) is 0 Å². The maximum Gasteiger partial charge on any atom is 0.203 e. The van der Waals surface area contributed by atoms with Crippen LogP contribution in [0.2, 0.25) is 0 Å². The number of hydrogen-bond acceptors (Lipinski definition) is 1. The molecule has 0 atom stereocenters. The van der Waals surface area contributed by atoms with Gasteiger partial charge in [0.2, 0.25) is 10.5 Å². The SMILES string of the molecule is CCCCC=CO[SiH3]. The Bertz CT molecular complexity index is 61.5. The molecule has 0 unspecified atom stereocenters. The Balaban J connectivity index is 2.80. The zero-order chi connectivity index (χ0) is 6.24. The van der Waals surface area contributed by atoms with Gasteiger partial charge in [0, 0.05) is 0 Å². The first kappa shape index (κ1) is 7.76. The normalized spacial score (nSPS) is 10.6. The molecule has 0 aromatic rings. The first-order valence-corrected chi connectivity index (χ1v) is 3.91. The van der Waals surface area contributed by atoms with Crippen LogP contribution in [0.15, 0.2) is 12.3 Å². The smallest absolute Gasteiger partial charge is 0.203 e. The molecule has 0 aliphatic heterocycles. The molecule has 0 aromatic heterocycles. The van der Waals surface area contributed by atoms with Crippen LogP contribution < -0.4 is 0 Å². The van der Waals surface area contributed by atoms with Crippen molar-refractivity contribution in [1.29, 1.82) is 0 Å². The van der Waals surface area contributed by atoms with Crippen LogP contribution in [0.5, 0.6) is 0 Å². The molecular formula is C6H14OSi. The third kappa shape index (κ3) is 5.76. The second kappa shape index (κ2) is 6.76. The van der Waals surface area contributed by atoms with Crippen LogP contribution in [0.4, 0.5) is 0 Å². The van der Waals surface area contributed by atoms with Crippen molar-refractivity contribution in [2.24, 2.45) is 0 Å². The molecule has 1 nitrogen and oxygen atoms in total. The van der Waals surface area contributed by atoms with Crippen molar-refractivity contribution < 1.29 is 4.43 Å². The number of allylic oxidation sites excluding steroid dienone is 1. The van der Waals surface area contributed by atoms with Crippen molar-refractivity contribution >= 4 is 10.5 Å². The lowest BCUT2D eigenvalue weighted by Crippen LogP contribution is -1.69. The summed E-state index contributed by atoms with van der Waals surface area (Å²) in [6.07, 6.45) is 7.59. The largest absolute Gasteiger partial charge is 0.559 e. The minimum atomic E-state index is 0.821. The molecular weight excluding hydrogens is 116 g/mol. The fourth-order valence-electron chi connectivity index (χ4n) is 0.486. The molecule has 0 aliphatic rings. The monoisotopic (exact) mass is 130 g/mol. The van der Waals surface area contributed by atoms with Gasteiger partial charge in [-0.2, -0.15) is 0 Å². The van der Waals surface area contributed by atoms with Gasteiger partial charge in [0.1, 0.15) is 0 Å². The van der Waals surface area contributed by atoms with Crippen molar-refractivity contribution in [2.75, 3.05) is 0 Å². The Morgan fingerprint density at radius 3 is 2.88 bits per heavy atom. The van der Waals surface area contributed by atoms with E-state index in [0.717, 1.165) is 10.5 Å². The van der Waals surface area contributed by atoms with Crippen molar-refractivity contribution in [1.82, 2.24) is 0 Å². The van der Waals surface area contributed by atoms with Crippen molar-refractivity contribution in [2.45, 2.75) is 26.2 Å². The molecule has 0 N–H and O–H groups in total. The first-order valence-electron chi connectivity index (χ1n) is 3.09.